The van der Waals surface area contributed by atoms with Gasteiger partial charge >= 0.3 is 0 Å². The standard InChI is InChI=1S/C15H11Br2NO/c16-7-1-2-9-3-5-11-12-8-10(17)4-6-13(12)18-14(11)15(9)19-18/h3-6,8H,1-2,7H2. The second-order valence-corrected chi connectivity index (χ2v) is 6.50. The first kappa shape index (κ1) is 11.8. The van der Waals surface area contributed by atoms with Crippen LogP contribution in [0.4, 0.5) is 0 Å². The van der Waals surface area contributed by atoms with E-state index < -0.39 is 0 Å². The number of alkyl halides is 1. The molecule has 2 nitrogen and oxygen atoms in total. The fourth-order valence-corrected chi connectivity index (χ4v) is 3.40. The summed E-state index contributed by atoms with van der Waals surface area (Å²) in [7, 11) is 0. The van der Waals surface area contributed by atoms with Crippen molar-refractivity contribution in [2.75, 3.05) is 5.33 Å². The molecular formula is C15H11Br2NO. The third-order valence-electron chi connectivity index (χ3n) is 3.65. The molecule has 4 heteroatoms. The molecule has 0 bridgehead atoms. The van der Waals surface area contributed by atoms with Crippen LogP contribution in [0.3, 0.4) is 0 Å². The molecule has 4 rings (SSSR count). The van der Waals surface area contributed by atoms with Gasteiger partial charge in [-0.05, 0) is 36.6 Å². The summed E-state index contributed by atoms with van der Waals surface area (Å²) in [6.45, 7) is 0. The van der Waals surface area contributed by atoms with Crippen LogP contribution in [0.1, 0.15) is 12.0 Å². The maximum Gasteiger partial charge on any atom is 0.186 e. The molecule has 0 aliphatic carbocycles. The number of halogens is 2. The van der Waals surface area contributed by atoms with Crippen molar-refractivity contribution in [2.45, 2.75) is 12.8 Å². The van der Waals surface area contributed by atoms with Crippen molar-refractivity contribution in [2.24, 2.45) is 0 Å². The van der Waals surface area contributed by atoms with Crippen molar-refractivity contribution in [1.29, 1.82) is 0 Å². The number of aromatic nitrogens is 1. The second kappa shape index (κ2) is 4.25. The summed E-state index contributed by atoms with van der Waals surface area (Å²) in [4.78, 5) is 0. The van der Waals surface area contributed by atoms with Gasteiger partial charge in [0.2, 0.25) is 0 Å². The topological polar surface area (TPSA) is 17.6 Å². The van der Waals surface area contributed by atoms with E-state index in [0.29, 0.717) is 0 Å². The number of hydrogen-bond donors (Lipinski definition) is 0. The molecule has 2 aromatic heterocycles. The molecular weight excluding hydrogens is 370 g/mol. The van der Waals surface area contributed by atoms with Gasteiger partial charge in [-0.3, -0.25) is 0 Å². The van der Waals surface area contributed by atoms with Gasteiger partial charge in [0, 0.05) is 20.6 Å². The average Bonchev–Trinajstić information content (AvgIpc) is 2.65. The van der Waals surface area contributed by atoms with E-state index in [4.69, 9.17) is 4.52 Å². The first-order valence-electron chi connectivity index (χ1n) is 6.29. The average molecular weight is 381 g/mol. The molecule has 0 saturated heterocycles. The van der Waals surface area contributed by atoms with Crippen LogP contribution in [-0.2, 0) is 6.42 Å². The zero-order valence-corrected chi connectivity index (χ0v) is 13.3. The maximum absolute atomic E-state index is 5.88. The third kappa shape index (κ3) is 1.59. The van der Waals surface area contributed by atoms with E-state index in [1.54, 1.807) is 0 Å². The van der Waals surface area contributed by atoms with Gasteiger partial charge in [-0.15, -0.1) is 0 Å². The van der Waals surface area contributed by atoms with Crippen molar-refractivity contribution in [3.63, 3.8) is 0 Å². The summed E-state index contributed by atoms with van der Waals surface area (Å²) in [5.41, 5.74) is 4.75. The van der Waals surface area contributed by atoms with E-state index in [1.807, 2.05) is 4.57 Å². The Bertz CT molecular complexity index is 874. The Labute approximate surface area is 126 Å². The highest BCUT2D eigenvalue weighted by Crippen LogP contribution is 2.38. The predicted octanol–water partition coefficient (Wildman–Crippen LogP) is 5.37. The number of rotatable bonds is 3. The quantitative estimate of drug-likeness (QED) is 0.437. The Morgan fingerprint density at radius 1 is 1.11 bits per heavy atom. The maximum atomic E-state index is 5.88. The van der Waals surface area contributed by atoms with Crippen LogP contribution in [0.25, 0.3) is 27.4 Å². The lowest BCUT2D eigenvalue weighted by Crippen LogP contribution is -1.96. The van der Waals surface area contributed by atoms with E-state index in [2.05, 4.69) is 62.2 Å². The van der Waals surface area contributed by atoms with Crippen molar-refractivity contribution in [1.82, 2.24) is 4.57 Å². The first-order valence-corrected chi connectivity index (χ1v) is 8.21. The molecule has 19 heavy (non-hydrogen) atoms. The molecule has 0 spiro atoms. The van der Waals surface area contributed by atoms with Crippen LogP contribution in [0.15, 0.2) is 39.3 Å². The summed E-state index contributed by atoms with van der Waals surface area (Å²) in [5, 5.41) is 3.55. The zero-order valence-electron chi connectivity index (χ0n) is 10.1. The van der Waals surface area contributed by atoms with Crippen molar-refractivity contribution < 1.29 is 4.52 Å². The summed E-state index contributed by atoms with van der Waals surface area (Å²) in [6.07, 6.45) is 2.19. The molecule has 2 heterocycles. The van der Waals surface area contributed by atoms with Gasteiger partial charge in [-0.2, -0.15) is 4.57 Å². The highest BCUT2D eigenvalue weighted by molar-refractivity contribution is 9.10. The lowest BCUT2D eigenvalue weighted by Gasteiger charge is -2.09. The van der Waals surface area contributed by atoms with Crippen LogP contribution in [0.5, 0.6) is 0 Å². The summed E-state index contributed by atoms with van der Waals surface area (Å²) in [5.74, 6) is 0. The summed E-state index contributed by atoms with van der Waals surface area (Å²) >= 11 is 7.02. The normalized spacial score (nSPS) is 12.3. The molecule has 0 unspecified atom stereocenters. The smallest absolute Gasteiger partial charge is 0.186 e. The van der Waals surface area contributed by atoms with E-state index in [9.17, 15) is 0 Å². The van der Waals surface area contributed by atoms with Gasteiger partial charge in [0.25, 0.3) is 0 Å². The fraction of sp³-hybridized carbons (Fsp3) is 0.200. The summed E-state index contributed by atoms with van der Waals surface area (Å²) < 4.78 is 8.93. The number of benzene rings is 2. The number of fused-ring (bicyclic) bond motifs is 3. The van der Waals surface area contributed by atoms with Crippen LogP contribution in [-0.4, -0.2) is 9.90 Å². The van der Waals surface area contributed by atoms with Crippen LogP contribution in [0.2, 0.25) is 0 Å². The Kier molecular flexibility index (Phi) is 2.64. The molecule has 0 radical (unpaired) electrons. The monoisotopic (exact) mass is 379 g/mol. The van der Waals surface area contributed by atoms with Crippen molar-refractivity contribution in [3.8, 4) is 0 Å². The zero-order chi connectivity index (χ0) is 13.0. The lowest BCUT2D eigenvalue weighted by atomic mass is 10.1. The minimum atomic E-state index is 1.03. The number of aryl methyl sites for hydroxylation is 1. The largest absolute Gasteiger partial charge is 0.372 e. The van der Waals surface area contributed by atoms with E-state index >= 15 is 0 Å². The molecule has 4 aromatic rings. The molecule has 0 atom stereocenters. The van der Waals surface area contributed by atoms with Crippen LogP contribution < -0.4 is 0 Å². The first-order chi connectivity index (χ1) is 9.29. The van der Waals surface area contributed by atoms with Gasteiger partial charge in [-0.25, -0.2) is 0 Å². The van der Waals surface area contributed by atoms with Gasteiger partial charge < -0.3 is 4.52 Å². The Morgan fingerprint density at radius 2 is 2.00 bits per heavy atom. The van der Waals surface area contributed by atoms with Gasteiger partial charge in [0.05, 0.1) is 5.52 Å². The SMILES string of the molecule is BrCCCc1ccc2c3cc(Br)ccc3n3oc1c23. The molecule has 0 fully saturated rings. The highest BCUT2D eigenvalue weighted by atomic mass is 79.9. The molecule has 0 N–H and O–H groups in total. The Morgan fingerprint density at radius 3 is 2.84 bits per heavy atom. The number of hydrogen-bond acceptors (Lipinski definition) is 1. The van der Waals surface area contributed by atoms with E-state index in [1.165, 1.54) is 21.9 Å². The minimum Gasteiger partial charge on any atom is -0.372 e. The van der Waals surface area contributed by atoms with E-state index in [0.717, 1.165) is 33.7 Å². The summed E-state index contributed by atoms with van der Waals surface area (Å²) in [6, 6.07) is 10.7. The Balaban J connectivity index is 2.01. The van der Waals surface area contributed by atoms with Crippen molar-refractivity contribution in [3.05, 3.63) is 40.4 Å². The molecule has 0 aliphatic rings. The van der Waals surface area contributed by atoms with E-state index in [-0.39, 0.29) is 0 Å². The molecule has 96 valence electrons. The minimum absolute atomic E-state index is 1.03. The predicted molar refractivity (Wildman–Crippen MR) is 85.7 cm³/mol. The van der Waals surface area contributed by atoms with Crippen molar-refractivity contribution >= 4 is 59.2 Å². The molecule has 0 aliphatic heterocycles. The number of nitrogens with zero attached hydrogens (tertiary/aromatic N) is 1. The van der Waals surface area contributed by atoms with Gasteiger partial charge in [0.1, 0.15) is 5.52 Å². The lowest BCUT2D eigenvalue weighted by molar-refractivity contribution is 0.382. The fourth-order valence-electron chi connectivity index (χ4n) is 2.76. The molecule has 0 amide bonds. The molecule has 0 saturated carbocycles. The highest BCUT2D eigenvalue weighted by Gasteiger charge is 2.20. The Hall–Kier alpha value is -1.00. The van der Waals surface area contributed by atoms with Crippen LogP contribution in [0, 0.1) is 0 Å². The third-order valence-corrected chi connectivity index (χ3v) is 4.70. The van der Waals surface area contributed by atoms with Gasteiger partial charge in [-0.1, -0.05) is 44.0 Å². The second-order valence-electron chi connectivity index (χ2n) is 4.79. The molecule has 2 aromatic carbocycles. The van der Waals surface area contributed by atoms with Crippen LogP contribution >= 0.6 is 31.9 Å². The van der Waals surface area contributed by atoms with Gasteiger partial charge in [0.15, 0.2) is 5.58 Å².